The highest BCUT2D eigenvalue weighted by Crippen LogP contribution is 2.07. The Labute approximate surface area is 98.2 Å². The number of carbonyl (C=O) groups excluding carboxylic acids is 1. The Balaban J connectivity index is 2.05. The highest BCUT2D eigenvalue weighted by molar-refractivity contribution is 5.93. The van der Waals surface area contributed by atoms with Crippen molar-refractivity contribution < 1.29 is 9.90 Å². The van der Waals surface area contributed by atoms with E-state index in [2.05, 4.69) is 15.3 Å². The average molecular weight is 228 g/mol. The highest BCUT2D eigenvalue weighted by Gasteiger charge is 2.14. The van der Waals surface area contributed by atoms with Gasteiger partial charge in [-0.05, 0) is 24.3 Å². The molecule has 0 saturated heterocycles. The fraction of sp³-hybridized carbons (Fsp3) is 0.0833. The maximum Gasteiger partial charge on any atom is 0.255 e. The Kier molecular flexibility index (Phi) is 3.42. The van der Waals surface area contributed by atoms with Gasteiger partial charge in [0, 0.05) is 18.6 Å². The summed E-state index contributed by atoms with van der Waals surface area (Å²) in [5.41, 5.74) is 0.633. The molecule has 0 aromatic carbocycles. The number of pyridine rings is 2. The third kappa shape index (κ3) is 2.85. The normalized spacial score (nSPS) is 11.8. The second-order valence-corrected chi connectivity index (χ2v) is 3.35. The molecule has 0 aliphatic rings. The number of amides is 1. The molecule has 0 aliphatic heterocycles. The van der Waals surface area contributed by atoms with Crippen molar-refractivity contribution in [2.45, 2.75) is 6.23 Å². The highest BCUT2D eigenvalue weighted by atomic mass is 16.3. The van der Waals surface area contributed by atoms with Crippen LogP contribution in [0.1, 0.15) is 22.3 Å². The lowest BCUT2D eigenvalue weighted by Gasteiger charge is -2.09. The summed E-state index contributed by atoms with van der Waals surface area (Å²) in [5, 5.41) is 14.0. The molecule has 0 fully saturated rings. The summed E-state index contributed by atoms with van der Waals surface area (Å²) in [6, 6.07) is 8.20. The van der Waals surface area contributed by atoms with Crippen LogP contribution in [0.25, 0.3) is 0 Å². The number of carbonyl (C=O) groups is 1. The van der Waals surface area contributed by atoms with Gasteiger partial charge in [0.05, 0.1) is 11.3 Å². The monoisotopic (exact) mass is 228 g/mol. The molecule has 0 spiro atoms. The van der Waals surface area contributed by atoms with E-state index in [-0.39, 0.29) is 5.69 Å². The Morgan fingerprint density at radius 1 is 1.18 bits per heavy atom. The van der Waals surface area contributed by atoms with E-state index in [4.69, 9.17) is 0 Å². The quantitative estimate of drug-likeness (QED) is 0.805. The van der Waals surface area contributed by atoms with Crippen LogP contribution in [-0.4, -0.2) is 15.9 Å². The summed E-state index contributed by atoms with van der Waals surface area (Å²) in [4.78, 5) is 19.3. The zero-order valence-electron chi connectivity index (χ0n) is 8.91. The van der Waals surface area contributed by atoms with E-state index < -0.39 is 12.1 Å². The number of nitrogens with zero attached hydrogens (tertiary/aromatic N) is 2. The van der Waals surface area contributed by atoms with Crippen LogP contribution in [0.5, 0.6) is 0 Å². The third-order valence-corrected chi connectivity index (χ3v) is 2.14. The largest absolute Gasteiger partial charge is 0.319 e. The number of rotatable bonds is 3. The van der Waals surface area contributed by atoms with Crippen LogP contribution in [0.4, 0.5) is 0 Å². The van der Waals surface area contributed by atoms with Gasteiger partial charge in [-0.2, -0.15) is 0 Å². The van der Waals surface area contributed by atoms with Gasteiger partial charge in [0.15, 0.2) is 0 Å². The molecule has 5 heteroatoms. The van der Waals surface area contributed by atoms with Crippen molar-refractivity contribution in [1.82, 2.24) is 15.3 Å². The number of hydrogen-bond acceptors (Lipinski definition) is 3. The fourth-order valence-corrected chi connectivity index (χ4v) is 1.30. The molecule has 0 saturated carbocycles. The van der Waals surface area contributed by atoms with Crippen molar-refractivity contribution in [2.24, 2.45) is 0 Å². The van der Waals surface area contributed by atoms with E-state index in [0.29, 0.717) is 5.56 Å². The predicted octanol–water partition coefficient (Wildman–Crippen LogP) is 1.34. The summed E-state index contributed by atoms with van der Waals surface area (Å²) in [6.07, 6.45) is 3.10. The van der Waals surface area contributed by atoms with Crippen molar-refractivity contribution in [3.63, 3.8) is 0 Å². The van der Waals surface area contributed by atoms with Gasteiger partial charge in [-0.1, -0.05) is 6.07 Å². The van der Waals surface area contributed by atoms with Gasteiger partial charge in [0.25, 0.3) is 5.91 Å². The topological polar surface area (TPSA) is 74.8 Å². The zero-order chi connectivity index (χ0) is 12.1. The summed E-state index contributed by atoms with van der Waals surface area (Å²) >= 11 is 0. The molecule has 17 heavy (non-hydrogen) atoms. The molecule has 0 aliphatic carbocycles. The Bertz CT molecular complexity index is 488. The van der Waals surface area contributed by atoms with Crippen LogP contribution in [0.3, 0.4) is 0 Å². The Morgan fingerprint density at radius 2 is 2.06 bits per heavy atom. The van der Waals surface area contributed by atoms with E-state index in [1.807, 2.05) is 0 Å². The second kappa shape index (κ2) is 5.18. The average Bonchev–Trinajstić information content (AvgIpc) is 2.40. The van der Waals surface area contributed by atoms with Crippen molar-refractivity contribution >= 4 is 5.91 Å². The Hall–Kier alpha value is -2.27. The molecular weight excluding hydrogens is 218 g/mol. The van der Waals surface area contributed by atoms with E-state index >= 15 is 0 Å². The van der Waals surface area contributed by atoms with E-state index in [1.165, 1.54) is 12.4 Å². The zero-order valence-corrected chi connectivity index (χ0v) is 8.91. The van der Waals surface area contributed by atoms with Crippen LogP contribution < -0.4 is 5.32 Å². The minimum Gasteiger partial charge on any atom is -0.319 e. The van der Waals surface area contributed by atoms with Gasteiger partial charge in [0.1, 0.15) is 0 Å². The van der Waals surface area contributed by atoms with Crippen molar-refractivity contribution in [3.8, 4) is 0 Å². The minimum atomic E-state index is -1.37. The summed E-state index contributed by atoms with van der Waals surface area (Å²) < 4.78 is 0. The first kappa shape index (κ1) is 11.2. The van der Waals surface area contributed by atoms with Crippen molar-refractivity contribution in [2.75, 3.05) is 0 Å². The summed E-state index contributed by atoms with van der Waals surface area (Å²) in [7, 11) is 0. The maximum absolute atomic E-state index is 11.7. The van der Waals surface area contributed by atoms with Gasteiger partial charge < -0.3 is 5.32 Å². The van der Waals surface area contributed by atoms with Crippen molar-refractivity contribution in [3.05, 3.63) is 60.2 Å². The van der Waals surface area contributed by atoms with E-state index in [0.717, 1.165) is 0 Å². The molecule has 1 N–H and O–H groups in total. The van der Waals surface area contributed by atoms with Crippen LogP contribution in [0, 0.1) is 0 Å². The lowest BCUT2D eigenvalue weighted by atomic mass is 10.2. The predicted molar refractivity (Wildman–Crippen MR) is 59.4 cm³/mol. The number of nitrogens with one attached hydrogen (secondary N) is 1. The molecule has 2 heterocycles. The number of aromatic nitrogens is 2. The van der Waals surface area contributed by atoms with Crippen LogP contribution in [-0.2, 0) is 5.11 Å². The molecule has 2 aromatic rings. The van der Waals surface area contributed by atoms with E-state index in [1.54, 1.807) is 36.5 Å². The Morgan fingerprint density at radius 3 is 2.71 bits per heavy atom. The molecule has 2 aromatic heterocycles. The second-order valence-electron chi connectivity index (χ2n) is 3.35. The fourth-order valence-electron chi connectivity index (χ4n) is 1.30. The molecule has 1 amide bonds. The molecular formula is C12H10N3O2. The van der Waals surface area contributed by atoms with E-state index in [9.17, 15) is 9.90 Å². The first-order valence-corrected chi connectivity index (χ1v) is 5.05. The first-order valence-electron chi connectivity index (χ1n) is 5.05. The molecule has 0 bridgehead atoms. The van der Waals surface area contributed by atoms with Gasteiger partial charge in [-0.25, -0.2) is 5.11 Å². The molecule has 2 rings (SSSR count). The van der Waals surface area contributed by atoms with Crippen LogP contribution in [0.2, 0.25) is 0 Å². The third-order valence-electron chi connectivity index (χ3n) is 2.14. The van der Waals surface area contributed by atoms with Crippen LogP contribution >= 0.6 is 0 Å². The van der Waals surface area contributed by atoms with Crippen LogP contribution in [0.15, 0.2) is 48.9 Å². The van der Waals surface area contributed by atoms with Crippen molar-refractivity contribution in [1.29, 1.82) is 0 Å². The van der Waals surface area contributed by atoms with Gasteiger partial charge >= 0.3 is 0 Å². The molecule has 85 valence electrons. The molecule has 1 atom stereocenters. The van der Waals surface area contributed by atoms with Gasteiger partial charge in [0.2, 0.25) is 6.23 Å². The molecule has 5 nitrogen and oxygen atoms in total. The standard InChI is InChI=1S/C12H10N3O2/c16-11(9-4-3-6-13-8-9)15-12(17)10-5-1-2-7-14-10/h1-8,12H,(H,15,16). The smallest absolute Gasteiger partial charge is 0.255 e. The lowest BCUT2D eigenvalue weighted by molar-refractivity contribution is 0.0457. The summed E-state index contributed by atoms with van der Waals surface area (Å²) in [5.74, 6) is -0.455. The summed E-state index contributed by atoms with van der Waals surface area (Å²) in [6.45, 7) is 0. The van der Waals surface area contributed by atoms with Gasteiger partial charge in [-0.15, -0.1) is 0 Å². The number of hydrogen-bond donors (Lipinski definition) is 1. The minimum absolute atomic E-state index is 0.282. The van der Waals surface area contributed by atoms with Gasteiger partial charge in [-0.3, -0.25) is 14.8 Å². The lowest BCUT2D eigenvalue weighted by Crippen LogP contribution is -2.28. The SMILES string of the molecule is [O]C(NC(=O)c1cccnc1)c1ccccn1. The molecule has 1 unspecified atom stereocenters. The molecule has 1 radical (unpaired) electrons. The maximum atomic E-state index is 11.7. The first-order chi connectivity index (χ1) is 8.27.